The molecule has 259 valence electrons. The van der Waals surface area contributed by atoms with Gasteiger partial charge < -0.3 is 35.2 Å². The van der Waals surface area contributed by atoms with Crippen molar-refractivity contribution in [3.63, 3.8) is 0 Å². The van der Waals surface area contributed by atoms with Crippen molar-refractivity contribution < 1.29 is 52.1 Å². The molecule has 4 aromatic carbocycles. The summed E-state index contributed by atoms with van der Waals surface area (Å²) in [5.41, 5.74) is 0.191. The molecule has 1 aromatic heterocycles. The molecule has 5 rings (SSSR count). The largest absolute Gasteiger partial charge is 3.00 e. The van der Waals surface area contributed by atoms with Crippen LogP contribution in [-0.2, 0) is 32.2 Å². The van der Waals surface area contributed by atoms with E-state index in [-0.39, 0.29) is 46.3 Å². The third-order valence-electron chi connectivity index (χ3n) is 6.47. The summed E-state index contributed by atoms with van der Waals surface area (Å²) in [7, 11) is -4.05. The molecule has 0 unspecified atom stereocenters. The second kappa shape index (κ2) is 17.5. The van der Waals surface area contributed by atoms with Gasteiger partial charge in [-0.25, -0.2) is 13.6 Å². The second-order valence-corrected chi connectivity index (χ2v) is 11.7. The van der Waals surface area contributed by atoms with Crippen molar-refractivity contribution in [2.45, 2.75) is 18.7 Å². The molecular weight excluding hydrogens is 720 g/mol. The summed E-state index contributed by atoms with van der Waals surface area (Å²) in [4.78, 5) is 34.8. The number of benzene rings is 4. The number of sulfonamides is 1. The Labute approximate surface area is 303 Å². The van der Waals surface area contributed by atoms with Gasteiger partial charge in [-0.3, -0.25) is 9.59 Å². The Balaban J connectivity index is 0.000000348. The number of para-hydroxylation sites is 2. The fourth-order valence-corrected chi connectivity index (χ4v) is 4.57. The van der Waals surface area contributed by atoms with Crippen LogP contribution in [-0.4, -0.2) is 24.9 Å². The van der Waals surface area contributed by atoms with Crippen molar-refractivity contribution in [3.8, 4) is 11.4 Å². The maximum Gasteiger partial charge on any atom is 3.00 e. The summed E-state index contributed by atoms with van der Waals surface area (Å²) in [6.07, 6.45) is 0. The van der Waals surface area contributed by atoms with Crippen molar-refractivity contribution in [1.29, 1.82) is 0 Å². The molecule has 0 bridgehead atoms. The molecule has 0 saturated carbocycles. The maximum absolute atomic E-state index is 12.4. The number of allylic oxidation sites excluding steroid dienone is 1. The van der Waals surface area contributed by atoms with Crippen LogP contribution < -0.4 is 36.4 Å². The van der Waals surface area contributed by atoms with E-state index in [4.69, 9.17) is 5.14 Å². The van der Waals surface area contributed by atoms with Crippen molar-refractivity contribution in [2.75, 3.05) is 5.32 Å². The minimum absolute atomic E-state index is 0. The third-order valence-corrected chi connectivity index (χ3v) is 7.38. The van der Waals surface area contributed by atoms with E-state index in [2.05, 4.69) is 30.9 Å². The van der Waals surface area contributed by atoms with Gasteiger partial charge in [0.25, 0.3) is 5.56 Å². The first-order chi connectivity index (χ1) is 23.8. The molecule has 5 aromatic rings. The van der Waals surface area contributed by atoms with E-state index in [1.54, 1.807) is 73.7 Å². The number of rotatable bonds is 10. The van der Waals surface area contributed by atoms with Crippen LogP contribution >= 0.6 is 0 Å². The number of carboxylic acid groups (broad SMARTS) is 1. The second-order valence-electron chi connectivity index (χ2n) is 10.1. The first-order valence-electron chi connectivity index (χ1n) is 14.3. The first kappa shape index (κ1) is 39.3. The van der Waals surface area contributed by atoms with Gasteiger partial charge in [0.15, 0.2) is 5.78 Å². The van der Waals surface area contributed by atoms with E-state index in [9.17, 15) is 38.1 Å². The van der Waals surface area contributed by atoms with Crippen LogP contribution in [0, 0.1) is 6.92 Å². The van der Waals surface area contributed by atoms with Crippen molar-refractivity contribution >= 4 is 44.5 Å². The van der Waals surface area contributed by atoms with Gasteiger partial charge in [0.05, 0.1) is 22.2 Å². The van der Waals surface area contributed by atoms with Gasteiger partial charge >= 0.3 is 18.8 Å². The molecule has 0 aliphatic carbocycles. The van der Waals surface area contributed by atoms with Gasteiger partial charge in [0.1, 0.15) is 11.4 Å². The number of hydrogen-bond acceptors (Lipinski definition) is 13. The normalized spacial score (nSPS) is 11.7. The Hall–Kier alpha value is -6.19. The monoisotopic (exact) mass is 747 g/mol. The number of azo groups is 2. The Kier molecular flexibility index (Phi) is 13.4. The first-order valence-corrected chi connectivity index (χ1v) is 15.8. The third kappa shape index (κ3) is 10.4. The molecule has 3 N–H and O–H groups in total. The number of aromatic carboxylic acids is 1. The number of hydrogen-bond donors (Lipinski definition) is 2. The van der Waals surface area contributed by atoms with Crippen LogP contribution in [0.25, 0.3) is 5.69 Å². The molecule has 1 radical (unpaired) electrons. The Morgan fingerprint density at radius 3 is 2.08 bits per heavy atom. The number of ketones is 1. The molecule has 18 heteroatoms. The standard InChI is InChI=1S/C17H14N4O3.C16H16N4O5S.Cr/c1-11-15(16(22)21(20-11)12-7-3-2-4-8-12)19-18-14-10-6-5-9-13(14)17(23)24;1-10(21)15(16(23)18-11-5-3-2-4-6-11)20-19-13-9-12(26(17,24)25)7-8-14(13)22;/h2-10H,1H3,(H2,18,20,22,23,24);2-9,18,22-23H,1H3,(H2,17,24,25);/q;;+3/p-3/b;16-15+,20-19?;. The number of nitrogens with zero attached hydrogens (tertiary/aromatic N) is 6. The molecule has 0 saturated heterocycles. The van der Waals surface area contributed by atoms with Crippen LogP contribution in [0.2, 0.25) is 0 Å². The molecule has 0 fully saturated rings. The van der Waals surface area contributed by atoms with Crippen LogP contribution in [0.5, 0.6) is 5.75 Å². The Morgan fingerprint density at radius 2 is 1.47 bits per heavy atom. The summed E-state index contributed by atoms with van der Waals surface area (Å²) in [6, 6.07) is 26.2. The van der Waals surface area contributed by atoms with Crippen LogP contribution in [0.15, 0.2) is 145 Å². The molecule has 0 amide bonds. The van der Waals surface area contributed by atoms with E-state index in [1.807, 2.05) is 6.07 Å². The maximum atomic E-state index is 12.4. The SMILES string of the molecule is CC(=O)/C(N=Nc1cc(S(N)(=O)=O)ccc1[O-])=C(\[O-])Nc1ccccc1.Cc1[n-]n(-c2ccccc2)c(=O)c1N=Nc1ccccc1C(=O)[O-].[Cr+3].[H+]. The Morgan fingerprint density at radius 1 is 0.863 bits per heavy atom. The summed E-state index contributed by atoms with van der Waals surface area (Å²) < 4.78 is 23.9. The fraction of sp³-hybridized carbons (Fsp3) is 0.0606. The number of carbonyl (C=O) groups is 2. The van der Waals surface area contributed by atoms with E-state index in [0.29, 0.717) is 17.1 Å². The number of carboxylic acids is 1. The van der Waals surface area contributed by atoms with Crippen molar-refractivity contribution in [1.82, 2.24) is 9.78 Å². The fourth-order valence-electron chi connectivity index (χ4n) is 4.04. The smallest absolute Gasteiger partial charge is 0.871 e. The zero-order chi connectivity index (χ0) is 36.4. The molecule has 1 heterocycles. The predicted octanol–water partition coefficient (Wildman–Crippen LogP) is 2.71. The van der Waals surface area contributed by atoms with Crippen molar-refractivity contribution in [2.24, 2.45) is 25.6 Å². The molecule has 0 spiro atoms. The van der Waals surface area contributed by atoms with E-state index >= 15 is 0 Å². The average Bonchev–Trinajstić information content (AvgIpc) is 3.37. The number of nitrogens with two attached hydrogens (primary N) is 1. The summed E-state index contributed by atoms with van der Waals surface area (Å²) in [5.74, 6) is -3.50. The number of aryl methyl sites for hydroxylation is 1. The van der Waals surface area contributed by atoms with Crippen LogP contribution in [0.3, 0.4) is 0 Å². The van der Waals surface area contributed by atoms with Crippen LogP contribution in [0.1, 0.15) is 24.4 Å². The average molecular weight is 748 g/mol. The topological polar surface area (TPSA) is 261 Å². The number of carbonyl (C=O) groups excluding carboxylic acids is 2. The van der Waals surface area contributed by atoms with Gasteiger partial charge in [-0.2, -0.15) is 5.11 Å². The molecule has 16 nitrogen and oxygen atoms in total. The zero-order valence-electron chi connectivity index (χ0n) is 27.7. The zero-order valence-corrected chi connectivity index (χ0v) is 28.7. The van der Waals surface area contributed by atoms with E-state index < -0.39 is 44.7 Å². The Bertz CT molecular complexity index is 2300. The van der Waals surface area contributed by atoms with Gasteiger partial charge in [0, 0.05) is 23.9 Å². The molecule has 51 heavy (non-hydrogen) atoms. The number of Topliss-reactive ketones (excluding diaryl/α,β-unsaturated/α-hetero) is 1. The summed E-state index contributed by atoms with van der Waals surface area (Å²) >= 11 is 0. The molecular formula is C33H27CrN8O8S. The predicted molar refractivity (Wildman–Crippen MR) is 176 cm³/mol. The summed E-state index contributed by atoms with van der Waals surface area (Å²) in [6.45, 7) is 2.75. The van der Waals surface area contributed by atoms with Gasteiger partial charge in [-0.15, -0.1) is 21.0 Å². The van der Waals surface area contributed by atoms with Gasteiger partial charge in [-0.05, 0) is 48.3 Å². The van der Waals surface area contributed by atoms with Crippen LogP contribution in [0.4, 0.5) is 22.7 Å². The molecule has 0 aliphatic heterocycles. The van der Waals surface area contributed by atoms with E-state index in [0.717, 1.165) is 25.1 Å². The quantitative estimate of drug-likeness (QED) is 0.120. The number of primary sulfonamides is 1. The van der Waals surface area contributed by atoms with Gasteiger partial charge in [-0.1, -0.05) is 73.3 Å². The number of anilines is 1. The van der Waals surface area contributed by atoms with Crippen molar-refractivity contribution in [3.05, 3.63) is 136 Å². The van der Waals surface area contributed by atoms with E-state index in [1.165, 1.54) is 16.8 Å². The molecule has 0 atom stereocenters. The minimum atomic E-state index is -4.05. The van der Waals surface area contributed by atoms with Gasteiger partial charge in [0.2, 0.25) is 10.0 Å². The molecule has 0 aliphatic rings. The number of aromatic nitrogens is 2. The summed E-state index contributed by atoms with van der Waals surface area (Å²) in [5, 5.41) is 61.5. The number of nitrogens with one attached hydrogen (secondary N) is 1. The minimum Gasteiger partial charge on any atom is -0.871 e.